The fourth-order valence-corrected chi connectivity index (χ4v) is 4.36. The standard InChI is InChI=1S/C9H17NO2S2/c10-8(9(11)12)6-13-14-7-4-2-1-3-5-7/h7-8H,1-6,10H2,(H,11,12). The predicted octanol–water partition coefficient (Wildman–Crippen LogP) is 2.11. The van der Waals surface area contributed by atoms with Gasteiger partial charge >= 0.3 is 5.97 Å². The summed E-state index contributed by atoms with van der Waals surface area (Å²) in [5, 5.41) is 9.29. The van der Waals surface area contributed by atoms with Crippen molar-refractivity contribution in [1.82, 2.24) is 0 Å². The van der Waals surface area contributed by atoms with Gasteiger partial charge in [-0.05, 0) is 12.8 Å². The van der Waals surface area contributed by atoms with Crippen LogP contribution in [0.15, 0.2) is 0 Å². The predicted molar refractivity (Wildman–Crippen MR) is 62.5 cm³/mol. The first-order chi connectivity index (χ1) is 6.70. The Morgan fingerprint density at radius 3 is 2.64 bits per heavy atom. The lowest BCUT2D eigenvalue weighted by Crippen LogP contribution is -2.32. The summed E-state index contributed by atoms with van der Waals surface area (Å²) in [5.74, 6) is -0.391. The highest BCUT2D eigenvalue weighted by Gasteiger charge is 2.16. The molecule has 3 nitrogen and oxygen atoms in total. The van der Waals surface area contributed by atoms with Crippen LogP contribution in [-0.2, 0) is 4.79 Å². The van der Waals surface area contributed by atoms with Gasteiger partial charge in [-0.3, -0.25) is 4.79 Å². The van der Waals surface area contributed by atoms with Gasteiger partial charge in [0.2, 0.25) is 0 Å². The average Bonchev–Trinajstić information content (AvgIpc) is 2.19. The molecule has 0 aliphatic heterocycles. The number of nitrogens with two attached hydrogens (primary N) is 1. The van der Waals surface area contributed by atoms with Crippen molar-refractivity contribution in [3.05, 3.63) is 0 Å². The van der Waals surface area contributed by atoms with Gasteiger partial charge in [0.15, 0.2) is 0 Å². The molecule has 0 heterocycles. The van der Waals surface area contributed by atoms with E-state index in [4.69, 9.17) is 10.8 Å². The SMILES string of the molecule is NC(CSSC1CCCCC1)C(=O)O. The summed E-state index contributed by atoms with van der Waals surface area (Å²) < 4.78 is 0. The van der Waals surface area contributed by atoms with Crippen LogP contribution < -0.4 is 5.73 Å². The molecular formula is C9H17NO2S2. The van der Waals surface area contributed by atoms with Gasteiger partial charge in [-0.1, -0.05) is 40.9 Å². The van der Waals surface area contributed by atoms with E-state index in [9.17, 15) is 4.79 Å². The zero-order valence-corrected chi connectivity index (χ0v) is 9.78. The second-order valence-corrected chi connectivity index (χ2v) is 6.30. The fourth-order valence-electron chi connectivity index (χ4n) is 1.44. The van der Waals surface area contributed by atoms with E-state index in [1.165, 1.54) is 32.1 Å². The Kier molecular flexibility index (Phi) is 5.74. The Balaban J connectivity index is 2.05. The Morgan fingerprint density at radius 1 is 1.43 bits per heavy atom. The van der Waals surface area contributed by atoms with Gasteiger partial charge in [-0.25, -0.2) is 0 Å². The summed E-state index contributed by atoms with van der Waals surface area (Å²) >= 11 is 0. The van der Waals surface area contributed by atoms with Crippen molar-refractivity contribution in [2.45, 2.75) is 43.4 Å². The van der Waals surface area contributed by atoms with Gasteiger partial charge in [0.1, 0.15) is 6.04 Å². The van der Waals surface area contributed by atoms with E-state index in [0.717, 1.165) is 5.25 Å². The second kappa shape index (κ2) is 6.58. The Morgan fingerprint density at radius 2 is 2.07 bits per heavy atom. The van der Waals surface area contributed by atoms with Gasteiger partial charge < -0.3 is 10.8 Å². The maximum absolute atomic E-state index is 10.4. The number of carbonyl (C=O) groups is 1. The molecule has 1 atom stereocenters. The molecule has 0 radical (unpaired) electrons. The number of rotatable bonds is 5. The summed E-state index contributed by atoms with van der Waals surface area (Å²) in [5.41, 5.74) is 5.40. The molecule has 0 aromatic heterocycles. The van der Waals surface area contributed by atoms with E-state index in [1.807, 2.05) is 10.8 Å². The van der Waals surface area contributed by atoms with Crippen LogP contribution in [0.4, 0.5) is 0 Å². The molecule has 0 aromatic rings. The van der Waals surface area contributed by atoms with E-state index >= 15 is 0 Å². The first-order valence-electron chi connectivity index (χ1n) is 4.97. The lowest BCUT2D eigenvalue weighted by molar-refractivity contribution is -0.137. The molecule has 5 heteroatoms. The van der Waals surface area contributed by atoms with E-state index < -0.39 is 12.0 Å². The van der Waals surface area contributed by atoms with Crippen LogP contribution in [-0.4, -0.2) is 28.1 Å². The van der Waals surface area contributed by atoms with Crippen LogP contribution in [0.2, 0.25) is 0 Å². The molecule has 14 heavy (non-hydrogen) atoms. The van der Waals surface area contributed by atoms with Crippen molar-refractivity contribution in [2.24, 2.45) is 5.73 Å². The molecule has 82 valence electrons. The highest BCUT2D eigenvalue weighted by atomic mass is 33.1. The quantitative estimate of drug-likeness (QED) is 0.715. The Hall–Kier alpha value is 0.130. The molecule has 1 unspecified atom stereocenters. The number of hydrogen-bond acceptors (Lipinski definition) is 4. The van der Waals surface area contributed by atoms with Gasteiger partial charge in [-0.2, -0.15) is 0 Å². The number of carboxylic acid groups (broad SMARTS) is 1. The van der Waals surface area contributed by atoms with Crippen molar-refractivity contribution in [3.8, 4) is 0 Å². The van der Waals surface area contributed by atoms with E-state index in [0.29, 0.717) is 5.75 Å². The zero-order valence-electron chi connectivity index (χ0n) is 8.15. The fraction of sp³-hybridized carbons (Fsp3) is 0.889. The minimum Gasteiger partial charge on any atom is -0.480 e. The first kappa shape index (κ1) is 12.2. The van der Waals surface area contributed by atoms with Crippen LogP contribution in [0.1, 0.15) is 32.1 Å². The number of hydrogen-bond donors (Lipinski definition) is 2. The van der Waals surface area contributed by atoms with Crippen molar-refractivity contribution >= 4 is 27.6 Å². The summed E-state index contributed by atoms with van der Waals surface area (Å²) in [4.78, 5) is 10.4. The number of aliphatic carboxylic acids is 1. The third-order valence-electron chi connectivity index (χ3n) is 2.32. The minimum absolute atomic E-state index is 0.510. The van der Waals surface area contributed by atoms with Crippen LogP contribution >= 0.6 is 21.6 Å². The Labute approximate surface area is 92.6 Å². The highest BCUT2D eigenvalue weighted by Crippen LogP contribution is 2.35. The molecule has 1 aliphatic carbocycles. The van der Waals surface area contributed by atoms with Gasteiger partial charge in [0.25, 0.3) is 0 Å². The molecule has 0 saturated heterocycles. The van der Waals surface area contributed by atoms with E-state index in [1.54, 1.807) is 10.8 Å². The summed E-state index contributed by atoms with van der Waals surface area (Å²) in [6.07, 6.45) is 6.56. The number of carboxylic acids is 1. The molecular weight excluding hydrogens is 218 g/mol. The summed E-state index contributed by atoms with van der Waals surface area (Å²) in [6.45, 7) is 0. The van der Waals surface area contributed by atoms with E-state index in [-0.39, 0.29) is 0 Å². The topological polar surface area (TPSA) is 63.3 Å². The van der Waals surface area contributed by atoms with Crippen LogP contribution in [0.3, 0.4) is 0 Å². The van der Waals surface area contributed by atoms with Crippen molar-refractivity contribution in [2.75, 3.05) is 5.75 Å². The summed E-state index contributed by atoms with van der Waals surface area (Å²) in [6, 6.07) is -0.712. The molecule has 1 rings (SSSR count). The highest BCUT2D eigenvalue weighted by molar-refractivity contribution is 8.76. The molecule has 1 saturated carbocycles. The molecule has 0 amide bonds. The molecule has 3 N–H and O–H groups in total. The lowest BCUT2D eigenvalue weighted by atomic mass is 10.0. The first-order valence-corrected chi connectivity index (χ1v) is 7.35. The normalized spacial score (nSPS) is 20.6. The average molecular weight is 235 g/mol. The third kappa shape index (κ3) is 4.57. The molecule has 0 bridgehead atoms. The van der Waals surface area contributed by atoms with E-state index in [2.05, 4.69) is 0 Å². The smallest absolute Gasteiger partial charge is 0.321 e. The van der Waals surface area contributed by atoms with Crippen molar-refractivity contribution in [1.29, 1.82) is 0 Å². The zero-order chi connectivity index (χ0) is 10.4. The maximum atomic E-state index is 10.4. The molecule has 0 spiro atoms. The maximum Gasteiger partial charge on any atom is 0.321 e. The van der Waals surface area contributed by atoms with Crippen LogP contribution in [0.25, 0.3) is 0 Å². The van der Waals surface area contributed by atoms with Crippen LogP contribution in [0, 0.1) is 0 Å². The minimum atomic E-state index is -0.901. The molecule has 1 aliphatic rings. The van der Waals surface area contributed by atoms with Crippen molar-refractivity contribution in [3.63, 3.8) is 0 Å². The van der Waals surface area contributed by atoms with Gasteiger partial charge in [-0.15, -0.1) is 0 Å². The summed E-state index contributed by atoms with van der Waals surface area (Å²) in [7, 11) is 3.42. The Bertz CT molecular complexity index is 184. The lowest BCUT2D eigenvalue weighted by Gasteiger charge is -2.20. The van der Waals surface area contributed by atoms with Crippen molar-refractivity contribution < 1.29 is 9.90 Å². The van der Waals surface area contributed by atoms with Gasteiger partial charge in [0.05, 0.1) is 0 Å². The van der Waals surface area contributed by atoms with Gasteiger partial charge in [0, 0.05) is 11.0 Å². The second-order valence-electron chi connectivity index (χ2n) is 3.59. The largest absolute Gasteiger partial charge is 0.480 e. The monoisotopic (exact) mass is 235 g/mol. The molecule has 0 aromatic carbocycles. The molecule has 1 fully saturated rings. The third-order valence-corrected chi connectivity index (χ3v) is 5.33. The van der Waals surface area contributed by atoms with Crippen LogP contribution in [0.5, 0.6) is 0 Å².